The van der Waals surface area contributed by atoms with Crippen molar-refractivity contribution in [1.29, 1.82) is 0 Å². The maximum atomic E-state index is 6.30. The molecule has 0 atom stereocenters. The minimum absolute atomic E-state index is 0.641. The third-order valence-corrected chi connectivity index (χ3v) is 9.79. The van der Waals surface area contributed by atoms with Crippen molar-refractivity contribution >= 4 is 60.7 Å². The van der Waals surface area contributed by atoms with E-state index in [-0.39, 0.29) is 0 Å². The highest BCUT2D eigenvalue weighted by molar-refractivity contribution is 6.11. The molecule has 0 amide bonds. The largest absolute Gasteiger partial charge is 0.435 e. The lowest BCUT2D eigenvalue weighted by molar-refractivity contribution is 0.623. The Morgan fingerprint density at radius 1 is 0.431 bits per heavy atom. The quantitative estimate of drug-likeness (QED) is 0.179. The van der Waals surface area contributed by atoms with Gasteiger partial charge in [0, 0.05) is 44.5 Å². The smallest absolute Gasteiger partial charge is 0.227 e. The van der Waals surface area contributed by atoms with E-state index in [0.717, 1.165) is 61.3 Å². The summed E-state index contributed by atoms with van der Waals surface area (Å²) >= 11 is 0. The molecule has 10 aromatic rings. The Morgan fingerprint density at radius 3 is 1.88 bits per heavy atom. The maximum absolute atomic E-state index is 6.30. The van der Waals surface area contributed by atoms with E-state index in [4.69, 9.17) is 9.40 Å². The first-order valence-corrected chi connectivity index (χ1v) is 17.2. The second-order valence-corrected chi connectivity index (χ2v) is 12.8. The van der Waals surface area contributed by atoms with E-state index in [1.54, 1.807) is 0 Å². The summed E-state index contributed by atoms with van der Waals surface area (Å²) < 4.78 is 8.65. The molecular formula is C47H31N3O. The van der Waals surface area contributed by atoms with Crippen LogP contribution in [-0.2, 0) is 0 Å². The molecule has 0 saturated carbocycles. The van der Waals surface area contributed by atoms with Gasteiger partial charge >= 0.3 is 0 Å². The first-order valence-electron chi connectivity index (χ1n) is 17.2. The second-order valence-electron chi connectivity index (χ2n) is 12.8. The Kier molecular flexibility index (Phi) is 6.78. The summed E-state index contributed by atoms with van der Waals surface area (Å²) in [6.45, 7) is 0. The van der Waals surface area contributed by atoms with Crippen LogP contribution in [-0.4, -0.2) is 9.55 Å². The minimum atomic E-state index is 0.641. The van der Waals surface area contributed by atoms with Crippen molar-refractivity contribution in [2.24, 2.45) is 0 Å². The molecule has 0 aliphatic rings. The van der Waals surface area contributed by atoms with Crippen LogP contribution in [0.2, 0.25) is 0 Å². The zero-order chi connectivity index (χ0) is 33.7. The number of anilines is 3. The fraction of sp³-hybridized carbons (Fsp3) is 0. The van der Waals surface area contributed by atoms with E-state index in [0.29, 0.717) is 5.89 Å². The van der Waals surface area contributed by atoms with Crippen LogP contribution in [0, 0.1) is 0 Å². The number of hydrogen-bond donors (Lipinski definition) is 0. The van der Waals surface area contributed by atoms with Crippen molar-refractivity contribution in [3.63, 3.8) is 0 Å². The van der Waals surface area contributed by atoms with Crippen molar-refractivity contribution in [3.05, 3.63) is 188 Å². The van der Waals surface area contributed by atoms with Gasteiger partial charge in [0.15, 0.2) is 5.58 Å². The number of oxazole rings is 1. The van der Waals surface area contributed by atoms with Crippen LogP contribution in [0.5, 0.6) is 0 Å². The highest BCUT2D eigenvalue weighted by Crippen LogP contribution is 2.40. The van der Waals surface area contributed by atoms with Crippen molar-refractivity contribution < 1.29 is 4.42 Å². The lowest BCUT2D eigenvalue weighted by Crippen LogP contribution is -2.09. The van der Waals surface area contributed by atoms with Crippen molar-refractivity contribution in [3.8, 4) is 28.3 Å². The van der Waals surface area contributed by atoms with Gasteiger partial charge in [-0.25, -0.2) is 4.98 Å². The van der Waals surface area contributed by atoms with Gasteiger partial charge in [-0.15, -0.1) is 0 Å². The van der Waals surface area contributed by atoms with Crippen molar-refractivity contribution in [1.82, 2.24) is 9.55 Å². The lowest BCUT2D eigenvalue weighted by atomic mass is 10.0. The molecule has 2 aromatic heterocycles. The van der Waals surface area contributed by atoms with Crippen LogP contribution in [0.1, 0.15) is 0 Å². The molecule has 2 heterocycles. The molecule has 8 aromatic carbocycles. The zero-order valence-electron chi connectivity index (χ0n) is 27.6. The second kappa shape index (κ2) is 11.9. The predicted octanol–water partition coefficient (Wildman–Crippen LogP) is 12.9. The fourth-order valence-electron chi connectivity index (χ4n) is 7.38. The maximum Gasteiger partial charge on any atom is 0.227 e. The van der Waals surface area contributed by atoms with E-state index < -0.39 is 0 Å². The normalized spacial score (nSPS) is 11.5. The summed E-state index contributed by atoms with van der Waals surface area (Å²) in [5.41, 5.74) is 11.8. The highest BCUT2D eigenvalue weighted by atomic mass is 16.3. The first kappa shape index (κ1) is 29.0. The molecule has 0 fully saturated rings. The van der Waals surface area contributed by atoms with Gasteiger partial charge in [0.25, 0.3) is 0 Å². The summed E-state index contributed by atoms with van der Waals surface area (Å²) in [6.07, 6.45) is 0. The Labute approximate surface area is 295 Å². The van der Waals surface area contributed by atoms with Gasteiger partial charge in [0.2, 0.25) is 5.89 Å². The van der Waals surface area contributed by atoms with Gasteiger partial charge in [-0.1, -0.05) is 97.1 Å². The van der Waals surface area contributed by atoms with Gasteiger partial charge in [-0.05, 0) is 108 Å². The number of fused-ring (bicyclic) bond motifs is 6. The van der Waals surface area contributed by atoms with E-state index in [2.05, 4.69) is 161 Å². The highest BCUT2D eigenvalue weighted by Gasteiger charge is 2.18. The number of nitrogens with zero attached hydrogens (tertiary/aromatic N) is 3. The summed E-state index contributed by atoms with van der Waals surface area (Å²) in [6, 6.07) is 66.4. The standard InChI is InChI=1S/C47H31N3O/c1-4-12-33(13-5-1)47-48-43-28-23-35-30-34(22-27-40(35)46(43)51-47)32-20-24-38(25-21-32)49(36-14-6-2-7-15-36)39-26-29-45-42(31-39)41-18-10-11-19-44(41)50(45)37-16-8-3-9-17-37/h1-31H. The Bertz CT molecular complexity index is 2840. The third-order valence-electron chi connectivity index (χ3n) is 9.79. The summed E-state index contributed by atoms with van der Waals surface area (Å²) in [5.74, 6) is 0.641. The summed E-state index contributed by atoms with van der Waals surface area (Å²) in [7, 11) is 0. The summed E-state index contributed by atoms with van der Waals surface area (Å²) in [5, 5.41) is 4.63. The molecule has 0 aliphatic heterocycles. The van der Waals surface area contributed by atoms with Crippen LogP contribution < -0.4 is 4.90 Å². The van der Waals surface area contributed by atoms with Crippen LogP contribution in [0.25, 0.3) is 71.9 Å². The average molecular weight is 654 g/mol. The lowest BCUT2D eigenvalue weighted by Gasteiger charge is -2.26. The number of aromatic nitrogens is 2. The molecule has 0 unspecified atom stereocenters. The van der Waals surface area contributed by atoms with Gasteiger partial charge in [-0.3, -0.25) is 0 Å². The molecule has 240 valence electrons. The molecular weight excluding hydrogens is 623 g/mol. The molecule has 0 N–H and O–H groups in total. The van der Waals surface area contributed by atoms with Crippen LogP contribution in [0.15, 0.2) is 192 Å². The Balaban J connectivity index is 1.04. The topological polar surface area (TPSA) is 34.2 Å². The SMILES string of the molecule is c1ccc(-c2nc3ccc4cc(-c5ccc(N(c6ccccc6)c6ccc7c(c6)c6ccccc6n7-c6ccccc6)cc5)ccc4c3o2)cc1. The van der Waals surface area contributed by atoms with Crippen LogP contribution in [0.4, 0.5) is 17.1 Å². The molecule has 0 aliphatic carbocycles. The monoisotopic (exact) mass is 653 g/mol. The molecule has 0 bridgehead atoms. The fourth-order valence-corrected chi connectivity index (χ4v) is 7.38. The number of hydrogen-bond acceptors (Lipinski definition) is 3. The Morgan fingerprint density at radius 2 is 1.08 bits per heavy atom. The minimum Gasteiger partial charge on any atom is -0.435 e. The Hall–Kier alpha value is -6.91. The van der Waals surface area contributed by atoms with Gasteiger partial charge < -0.3 is 13.9 Å². The van der Waals surface area contributed by atoms with E-state index in [1.807, 2.05) is 36.4 Å². The molecule has 0 saturated heterocycles. The van der Waals surface area contributed by atoms with E-state index in [1.165, 1.54) is 21.8 Å². The average Bonchev–Trinajstić information content (AvgIpc) is 3.79. The molecule has 0 radical (unpaired) electrons. The molecule has 4 nitrogen and oxygen atoms in total. The molecule has 0 spiro atoms. The predicted molar refractivity (Wildman–Crippen MR) is 211 cm³/mol. The molecule has 4 heteroatoms. The van der Waals surface area contributed by atoms with Gasteiger partial charge in [0.05, 0.1) is 11.0 Å². The first-order chi connectivity index (χ1) is 25.3. The van der Waals surface area contributed by atoms with Crippen LogP contribution in [0.3, 0.4) is 0 Å². The third kappa shape index (κ3) is 4.96. The number of benzene rings is 8. The van der Waals surface area contributed by atoms with Gasteiger partial charge in [0.1, 0.15) is 5.52 Å². The number of rotatable bonds is 6. The van der Waals surface area contributed by atoms with Crippen molar-refractivity contribution in [2.75, 3.05) is 4.90 Å². The van der Waals surface area contributed by atoms with E-state index in [9.17, 15) is 0 Å². The molecule has 51 heavy (non-hydrogen) atoms. The van der Waals surface area contributed by atoms with Crippen molar-refractivity contribution in [2.45, 2.75) is 0 Å². The van der Waals surface area contributed by atoms with Gasteiger partial charge in [-0.2, -0.15) is 0 Å². The summed E-state index contributed by atoms with van der Waals surface area (Å²) in [4.78, 5) is 7.10. The van der Waals surface area contributed by atoms with Crippen LogP contribution >= 0.6 is 0 Å². The number of para-hydroxylation sites is 3. The zero-order valence-corrected chi connectivity index (χ0v) is 27.6. The van der Waals surface area contributed by atoms with E-state index >= 15 is 0 Å². The molecule has 10 rings (SSSR count).